The zero-order valence-electron chi connectivity index (χ0n) is 12.8. The maximum Gasteiger partial charge on any atom is 0.308 e. The second kappa shape index (κ2) is 11.6. The quantitative estimate of drug-likeness (QED) is 0.385. The summed E-state index contributed by atoms with van der Waals surface area (Å²) in [6.45, 7) is 6.55. The highest BCUT2D eigenvalue weighted by Gasteiger charge is 2.12. The van der Waals surface area contributed by atoms with Crippen molar-refractivity contribution in [2.45, 2.75) is 78.6 Å². The summed E-state index contributed by atoms with van der Waals surface area (Å²) in [5.41, 5.74) is 0. The lowest BCUT2D eigenvalue weighted by Gasteiger charge is -2.13. The molecule has 0 saturated heterocycles. The third-order valence-corrected chi connectivity index (χ3v) is 3.74. The molecule has 0 aliphatic rings. The Morgan fingerprint density at radius 2 is 1.56 bits per heavy atom. The molecule has 0 amide bonds. The van der Waals surface area contributed by atoms with E-state index in [1.54, 1.807) is 0 Å². The van der Waals surface area contributed by atoms with Crippen LogP contribution < -0.4 is 0 Å². The summed E-state index contributed by atoms with van der Waals surface area (Å²) in [4.78, 5) is 11.2. The molecule has 0 radical (unpaired) electrons. The average molecular weight is 256 g/mol. The largest absolute Gasteiger partial charge is 0.469 e. The average Bonchev–Trinajstić information content (AvgIpc) is 2.37. The van der Waals surface area contributed by atoms with Crippen molar-refractivity contribution in [3.8, 4) is 0 Å². The molecule has 2 unspecified atom stereocenters. The molecule has 0 aromatic carbocycles. The molecule has 0 heterocycles. The van der Waals surface area contributed by atoms with E-state index in [0.717, 1.165) is 18.8 Å². The summed E-state index contributed by atoms with van der Waals surface area (Å²) in [6.07, 6.45) is 11.5. The predicted molar refractivity (Wildman–Crippen MR) is 77.6 cm³/mol. The first kappa shape index (κ1) is 17.5. The molecule has 0 fully saturated rings. The van der Waals surface area contributed by atoms with Gasteiger partial charge in [-0.2, -0.15) is 0 Å². The Balaban J connectivity index is 3.41. The van der Waals surface area contributed by atoms with Crippen LogP contribution in [0.4, 0.5) is 0 Å². The van der Waals surface area contributed by atoms with Gasteiger partial charge in [-0.05, 0) is 12.3 Å². The van der Waals surface area contributed by atoms with E-state index >= 15 is 0 Å². The van der Waals surface area contributed by atoms with Gasteiger partial charge in [-0.3, -0.25) is 4.79 Å². The van der Waals surface area contributed by atoms with E-state index in [4.69, 9.17) is 4.74 Å². The van der Waals surface area contributed by atoms with Crippen molar-refractivity contribution in [2.24, 2.45) is 11.8 Å². The highest BCUT2D eigenvalue weighted by atomic mass is 16.5. The lowest BCUT2D eigenvalue weighted by molar-refractivity contribution is -0.145. The SMILES string of the molecule is CCCCCCCC(C)CCCC(C)C(=O)OC. The Hall–Kier alpha value is -0.530. The second-order valence-electron chi connectivity index (χ2n) is 5.66. The first-order chi connectivity index (χ1) is 8.61. The lowest BCUT2D eigenvalue weighted by atomic mass is 9.94. The second-order valence-corrected chi connectivity index (χ2v) is 5.66. The van der Waals surface area contributed by atoms with Gasteiger partial charge in [-0.25, -0.2) is 0 Å². The number of methoxy groups -OCH3 is 1. The number of esters is 1. The van der Waals surface area contributed by atoms with Gasteiger partial charge in [0.15, 0.2) is 0 Å². The Bertz CT molecular complexity index is 201. The molecule has 18 heavy (non-hydrogen) atoms. The fraction of sp³-hybridized carbons (Fsp3) is 0.938. The molecule has 0 rings (SSSR count). The van der Waals surface area contributed by atoms with Crippen molar-refractivity contribution in [1.29, 1.82) is 0 Å². The molecule has 0 aliphatic carbocycles. The van der Waals surface area contributed by atoms with Gasteiger partial charge in [0.1, 0.15) is 0 Å². The van der Waals surface area contributed by atoms with Gasteiger partial charge in [0, 0.05) is 0 Å². The summed E-state index contributed by atoms with van der Waals surface area (Å²) in [7, 11) is 1.47. The van der Waals surface area contributed by atoms with Gasteiger partial charge >= 0.3 is 5.97 Å². The van der Waals surface area contributed by atoms with Crippen LogP contribution in [0, 0.1) is 11.8 Å². The van der Waals surface area contributed by atoms with Crippen LogP contribution in [0.1, 0.15) is 78.6 Å². The Morgan fingerprint density at radius 3 is 2.17 bits per heavy atom. The topological polar surface area (TPSA) is 26.3 Å². The number of hydrogen-bond donors (Lipinski definition) is 0. The standard InChI is InChI=1S/C16H32O2/c1-5-6-7-8-9-11-14(2)12-10-13-15(3)16(17)18-4/h14-15H,5-13H2,1-4H3. The van der Waals surface area contributed by atoms with Crippen LogP contribution in [-0.2, 0) is 9.53 Å². The number of carbonyl (C=O) groups is 1. The van der Waals surface area contributed by atoms with Gasteiger partial charge in [-0.15, -0.1) is 0 Å². The normalized spacial score (nSPS) is 14.2. The zero-order valence-corrected chi connectivity index (χ0v) is 12.8. The summed E-state index contributed by atoms with van der Waals surface area (Å²) < 4.78 is 4.73. The fourth-order valence-electron chi connectivity index (χ4n) is 2.33. The van der Waals surface area contributed by atoms with Crippen LogP contribution in [0.3, 0.4) is 0 Å². The minimum atomic E-state index is -0.0674. The molecule has 2 nitrogen and oxygen atoms in total. The predicted octanol–water partition coefficient (Wildman–Crippen LogP) is 4.96. The van der Waals surface area contributed by atoms with E-state index in [1.807, 2.05) is 6.92 Å². The number of carbonyl (C=O) groups excluding carboxylic acids is 1. The van der Waals surface area contributed by atoms with E-state index in [2.05, 4.69) is 13.8 Å². The minimum absolute atomic E-state index is 0.0618. The van der Waals surface area contributed by atoms with Crippen LogP contribution in [0.5, 0.6) is 0 Å². The number of unbranched alkanes of at least 4 members (excludes halogenated alkanes) is 4. The third-order valence-electron chi connectivity index (χ3n) is 3.74. The van der Waals surface area contributed by atoms with Gasteiger partial charge in [0.2, 0.25) is 0 Å². The third kappa shape index (κ3) is 9.49. The van der Waals surface area contributed by atoms with Crippen LogP contribution in [-0.4, -0.2) is 13.1 Å². The van der Waals surface area contributed by atoms with Crippen molar-refractivity contribution >= 4 is 5.97 Å². The van der Waals surface area contributed by atoms with Crippen LogP contribution in [0.25, 0.3) is 0 Å². The highest BCUT2D eigenvalue weighted by Crippen LogP contribution is 2.19. The number of ether oxygens (including phenoxy) is 1. The number of rotatable bonds is 11. The van der Waals surface area contributed by atoms with Crippen LogP contribution in [0.15, 0.2) is 0 Å². The Kier molecular flexibility index (Phi) is 11.2. The Morgan fingerprint density at radius 1 is 0.944 bits per heavy atom. The monoisotopic (exact) mass is 256 g/mol. The van der Waals surface area contributed by atoms with E-state index < -0.39 is 0 Å². The van der Waals surface area contributed by atoms with Crippen LogP contribution >= 0.6 is 0 Å². The molecule has 0 spiro atoms. The van der Waals surface area contributed by atoms with Gasteiger partial charge in [-0.1, -0.05) is 72.1 Å². The van der Waals surface area contributed by atoms with E-state index in [-0.39, 0.29) is 11.9 Å². The summed E-state index contributed by atoms with van der Waals surface area (Å²) >= 11 is 0. The van der Waals surface area contributed by atoms with Crippen molar-refractivity contribution in [3.05, 3.63) is 0 Å². The molecule has 0 aromatic heterocycles. The first-order valence-corrected chi connectivity index (χ1v) is 7.69. The Labute approximate surface area is 113 Å². The maximum atomic E-state index is 11.2. The molecule has 0 bridgehead atoms. The molecule has 0 aliphatic heterocycles. The zero-order chi connectivity index (χ0) is 13.8. The van der Waals surface area contributed by atoms with E-state index in [0.29, 0.717) is 0 Å². The van der Waals surface area contributed by atoms with E-state index in [1.165, 1.54) is 52.1 Å². The summed E-state index contributed by atoms with van der Waals surface area (Å²) in [6, 6.07) is 0. The smallest absolute Gasteiger partial charge is 0.308 e. The van der Waals surface area contributed by atoms with Gasteiger partial charge in [0.05, 0.1) is 13.0 Å². The minimum Gasteiger partial charge on any atom is -0.469 e. The van der Waals surface area contributed by atoms with Crippen molar-refractivity contribution in [1.82, 2.24) is 0 Å². The van der Waals surface area contributed by atoms with Crippen LogP contribution in [0.2, 0.25) is 0 Å². The fourth-order valence-corrected chi connectivity index (χ4v) is 2.33. The van der Waals surface area contributed by atoms with Gasteiger partial charge in [0.25, 0.3) is 0 Å². The molecule has 2 heteroatoms. The maximum absolute atomic E-state index is 11.2. The highest BCUT2D eigenvalue weighted by molar-refractivity contribution is 5.71. The summed E-state index contributed by atoms with van der Waals surface area (Å²) in [5.74, 6) is 0.797. The molecular weight excluding hydrogens is 224 g/mol. The molecule has 0 N–H and O–H groups in total. The lowest BCUT2D eigenvalue weighted by Crippen LogP contribution is -2.12. The van der Waals surface area contributed by atoms with Crippen molar-refractivity contribution in [2.75, 3.05) is 7.11 Å². The van der Waals surface area contributed by atoms with Gasteiger partial charge < -0.3 is 4.74 Å². The van der Waals surface area contributed by atoms with Crippen molar-refractivity contribution < 1.29 is 9.53 Å². The van der Waals surface area contributed by atoms with E-state index in [9.17, 15) is 4.79 Å². The summed E-state index contributed by atoms with van der Waals surface area (Å²) in [5, 5.41) is 0. The van der Waals surface area contributed by atoms with Crippen molar-refractivity contribution in [3.63, 3.8) is 0 Å². The molecular formula is C16H32O2. The molecule has 2 atom stereocenters. The molecule has 0 aromatic rings. The molecule has 108 valence electrons. The first-order valence-electron chi connectivity index (χ1n) is 7.69. The molecule has 0 saturated carbocycles. The number of hydrogen-bond acceptors (Lipinski definition) is 2.